The number of hydrogen-bond acceptors (Lipinski definition) is 6. The Kier molecular flexibility index (Phi) is 3.14. The third-order valence-corrected chi connectivity index (χ3v) is 3.34. The Morgan fingerprint density at radius 3 is 2.58 bits per heavy atom. The zero-order valence-electron chi connectivity index (χ0n) is 10.1. The van der Waals surface area contributed by atoms with Gasteiger partial charge in [0.15, 0.2) is 6.10 Å². The van der Waals surface area contributed by atoms with Gasteiger partial charge in [-0.15, -0.1) is 0 Å². The summed E-state index contributed by atoms with van der Waals surface area (Å²) < 4.78 is 16.0. The Morgan fingerprint density at radius 1 is 1.16 bits per heavy atom. The van der Waals surface area contributed by atoms with E-state index in [2.05, 4.69) is 0 Å². The van der Waals surface area contributed by atoms with E-state index in [4.69, 9.17) is 19.3 Å². The van der Waals surface area contributed by atoms with Gasteiger partial charge in [0.25, 0.3) is 0 Å². The highest BCUT2D eigenvalue weighted by Crippen LogP contribution is 2.29. The number of fused-ring (bicyclic) bond motifs is 1. The molecule has 2 aliphatic rings. The third kappa shape index (κ3) is 2.30. The van der Waals surface area contributed by atoms with Crippen molar-refractivity contribution in [1.82, 2.24) is 0 Å². The lowest BCUT2D eigenvalue weighted by atomic mass is 10.1. The monoisotopic (exact) mass is 266 g/mol. The van der Waals surface area contributed by atoms with Gasteiger partial charge in [0.05, 0.1) is 18.8 Å². The van der Waals surface area contributed by atoms with E-state index in [1.54, 1.807) is 0 Å². The van der Waals surface area contributed by atoms with Gasteiger partial charge in [0.1, 0.15) is 24.1 Å². The van der Waals surface area contributed by atoms with Crippen molar-refractivity contribution in [3.63, 3.8) is 0 Å². The van der Waals surface area contributed by atoms with E-state index >= 15 is 0 Å². The van der Waals surface area contributed by atoms with Crippen LogP contribution in [0.25, 0.3) is 0 Å². The topological polar surface area (TPSA) is 85.2 Å². The molecule has 0 radical (unpaired) electrons. The van der Waals surface area contributed by atoms with Crippen LogP contribution in [-0.2, 0) is 14.2 Å². The molecule has 19 heavy (non-hydrogen) atoms. The fourth-order valence-corrected chi connectivity index (χ4v) is 2.35. The summed E-state index contributed by atoms with van der Waals surface area (Å²) in [6.07, 6.45) is -2.00. The number of aliphatic hydroxyl groups excluding tert-OH is 1. The molecular formula is C13H14O6. The second kappa shape index (κ2) is 4.80. The molecular weight excluding hydrogens is 252 g/mol. The smallest absolute Gasteiger partial charge is 0.338 e. The number of phenols is 1. The van der Waals surface area contributed by atoms with E-state index in [9.17, 15) is 9.90 Å². The van der Waals surface area contributed by atoms with Crippen molar-refractivity contribution < 1.29 is 29.2 Å². The fraction of sp³-hybridized carbons (Fsp3) is 0.462. The fourth-order valence-electron chi connectivity index (χ4n) is 2.35. The zero-order valence-corrected chi connectivity index (χ0v) is 10.1. The lowest BCUT2D eigenvalue weighted by Crippen LogP contribution is -2.34. The van der Waals surface area contributed by atoms with Crippen LogP contribution in [0.15, 0.2) is 24.3 Å². The minimum atomic E-state index is -0.664. The SMILES string of the molecule is O=C(O[C@H]1CO[C@H]2[C@@H]1OC[C@H]2O)c1ccc(O)cc1. The van der Waals surface area contributed by atoms with Gasteiger partial charge in [-0.2, -0.15) is 0 Å². The summed E-state index contributed by atoms with van der Waals surface area (Å²) in [5.74, 6) is -0.415. The van der Waals surface area contributed by atoms with E-state index in [1.807, 2.05) is 0 Å². The van der Waals surface area contributed by atoms with E-state index < -0.39 is 30.4 Å². The number of hydrogen-bond donors (Lipinski definition) is 2. The Hall–Kier alpha value is -1.63. The minimum Gasteiger partial charge on any atom is -0.508 e. The average molecular weight is 266 g/mol. The molecule has 1 aromatic rings. The molecule has 0 saturated carbocycles. The largest absolute Gasteiger partial charge is 0.508 e. The summed E-state index contributed by atoms with van der Waals surface area (Å²) in [5.41, 5.74) is 0.347. The van der Waals surface area contributed by atoms with Crippen molar-refractivity contribution >= 4 is 5.97 Å². The number of carbonyl (C=O) groups is 1. The number of rotatable bonds is 2. The molecule has 0 aliphatic carbocycles. The summed E-state index contributed by atoms with van der Waals surface area (Å²) in [6, 6.07) is 5.80. The highest BCUT2D eigenvalue weighted by atomic mass is 16.6. The number of phenolic OH excluding ortho intramolecular Hbond substituents is 1. The van der Waals surface area contributed by atoms with Gasteiger partial charge < -0.3 is 24.4 Å². The number of benzene rings is 1. The highest BCUT2D eigenvalue weighted by molar-refractivity contribution is 5.89. The molecule has 2 fully saturated rings. The van der Waals surface area contributed by atoms with Crippen LogP contribution in [0, 0.1) is 0 Å². The Balaban J connectivity index is 1.66. The highest BCUT2D eigenvalue weighted by Gasteiger charge is 2.48. The molecule has 2 aliphatic heterocycles. The molecule has 2 saturated heterocycles. The maximum atomic E-state index is 11.9. The van der Waals surface area contributed by atoms with Crippen LogP contribution in [0.1, 0.15) is 10.4 Å². The van der Waals surface area contributed by atoms with Gasteiger partial charge in [-0.3, -0.25) is 0 Å². The molecule has 1 aromatic carbocycles. The van der Waals surface area contributed by atoms with Crippen molar-refractivity contribution in [1.29, 1.82) is 0 Å². The van der Waals surface area contributed by atoms with Gasteiger partial charge in [-0.1, -0.05) is 0 Å². The molecule has 0 spiro atoms. The Labute approximate surface area is 109 Å². The maximum Gasteiger partial charge on any atom is 0.338 e. The van der Waals surface area contributed by atoms with Gasteiger partial charge in [-0.25, -0.2) is 4.79 Å². The van der Waals surface area contributed by atoms with Gasteiger partial charge >= 0.3 is 5.97 Å². The quantitative estimate of drug-likeness (QED) is 0.737. The molecule has 0 unspecified atom stereocenters. The molecule has 3 rings (SSSR count). The number of aliphatic hydroxyl groups is 1. The van der Waals surface area contributed by atoms with Crippen molar-refractivity contribution in [3.8, 4) is 5.75 Å². The number of carbonyl (C=O) groups excluding carboxylic acids is 1. The first kappa shape index (κ1) is 12.4. The first-order valence-electron chi connectivity index (χ1n) is 6.06. The molecule has 6 heteroatoms. The van der Waals surface area contributed by atoms with Crippen LogP contribution in [0.3, 0.4) is 0 Å². The lowest BCUT2D eigenvalue weighted by Gasteiger charge is -2.16. The molecule has 102 valence electrons. The average Bonchev–Trinajstić information content (AvgIpc) is 2.95. The number of esters is 1. The molecule has 6 nitrogen and oxygen atoms in total. The predicted octanol–water partition coefficient (Wildman–Crippen LogP) is 0.0761. The molecule has 0 aromatic heterocycles. The number of aromatic hydroxyl groups is 1. The van der Waals surface area contributed by atoms with E-state index in [0.29, 0.717) is 5.56 Å². The standard InChI is InChI=1S/C13H14O6/c14-8-3-1-7(2-4-8)13(16)19-10-6-18-11-9(15)5-17-12(10)11/h1-4,9-12,14-15H,5-6H2/t9-,10+,11-,12-/m1/s1. The Bertz CT molecular complexity index is 471. The summed E-state index contributed by atoms with van der Waals surface area (Å²) in [4.78, 5) is 11.9. The first-order valence-corrected chi connectivity index (χ1v) is 6.06. The van der Waals surface area contributed by atoms with Crippen LogP contribution < -0.4 is 0 Å². The molecule has 4 atom stereocenters. The van der Waals surface area contributed by atoms with Crippen molar-refractivity contribution in [2.45, 2.75) is 24.4 Å². The van der Waals surface area contributed by atoms with Gasteiger partial charge in [0, 0.05) is 0 Å². The summed E-state index contributed by atoms with van der Waals surface area (Å²) in [6.45, 7) is 0.415. The van der Waals surface area contributed by atoms with Crippen molar-refractivity contribution in [3.05, 3.63) is 29.8 Å². The maximum absolute atomic E-state index is 11.9. The van der Waals surface area contributed by atoms with Crippen LogP contribution in [0.2, 0.25) is 0 Å². The summed E-state index contributed by atoms with van der Waals surface area (Å²) in [7, 11) is 0. The van der Waals surface area contributed by atoms with Crippen LogP contribution in [0.5, 0.6) is 5.75 Å². The third-order valence-electron chi connectivity index (χ3n) is 3.34. The molecule has 2 N–H and O–H groups in total. The van der Waals surface area contributed by atoms with Crippen molar-refractivity contribution in [2.24, 2.45) is 0 Å². The van der Waals surface area contributed by atoms with Gasteiger partial charge in [-0.05, 0) is 24.3 Å². The normalized spacial score (nSPS) is 33.1. The van der Waals surface area contributed by atoms with Crippen molar-refractivity contribution in [2.75, 3.05) is 13.2 Å². The van der Waals surface area contributed by atoms with Crippen LogP contribution in [-0.4, -0.2) is 53.8 Å². The minimum absolute atomic E-state index is 0.0862. The molecule has 2 heterocycles. The second-order valence-corrected chi connectivity index (χ2v) is 4.65. The Morgan fingerprint density at radius 2 is 1.84 bits per heavy atom. The predicted molar refractivity (Wildman–Crippen MR) is 62.8 cm³/mol. The summed E-state index contributed by atoms with van der Waals surface area (Å²) >= 11 is 0. The van der Waals surface area contributed by atoms with Crippen LogP contribution >= 0.6 is 0 Å². The number of ether oxygens (including phenoxy) is 3. The first-order chi connectivity index (χ1) is 9.15. The van der Waals surface area contributed by atoms with Crippen LogP contribution in [0.4, 0.5) is 0 Å². The molecule has 0 amide bonds. The van der Waals surface area contributed by atoms with E-state index in [1.165, 1.54) is 24.3 Å². The molecule has 0 bridgehead atoms. The summed E-state index contributed by atoms with van der Waals surface area (Å²) in [5, 5.41) is 18.7. The zero-order chi connectivity index (χ0) is 13.4. The van der Waals surface area contributed by atoms with E-state index in [0.717, 1.165) is 0 Å². The second-order valence-electron chi connectivity index (χ2n) is 4.65. The lowest BCUT2D eigenvalue weighted by molar-refractivity contribution is -0.0209. The van der Waals surface area contributed by atoms with E-state index in [-0.39, 0.29) is 19.0 Å². The van der Waals surface area contributed by atoms with Gasteiger partial charge in [0.2, 0.25) is 0 Å².